The Hall–Kier alpha value is -2.14. The predicted octanol–water partition coefficient (Wildman–Crippen LogP) is 2.11. The third-order valence-corrected chi connectivity index (χ3v) is 4.36. The molecule has 0 bridgehead atoms. The van der Waals surface area contributed by atoms with Crippen LogP contribution in [-0.4, -0.2) is 33.2 Å². The van der Waals surface area contributed by atoms with Gasteiger partial charge in [0.15, 0.2) is 0 Å². The maximum absolute atomic E-state index is 12.5. The van der Waals surface area contributed by atoms with Crippen molar-refractivity contribution < 1.29 is 4.79 Å². The number of carbonyl (C=O) groups is 1. The number of benzene rings is 1. The van der Waals surface area contributed by atoms with E-state index in [1.54, 1.807) is 4.68 Å². The topological polar surface area (TPSA) is 50.2 Å². The zero-order valence-electron chi connectivity index (χ0n) is 13.3. The van der Waals surface area contributed by atoms with Crippen LogP contribution in [0.25, 0.3) is 0 Å². The Kier molecular flexibility index (Phi) is 3.98. The number of hydrogen-bond donors (Lipinski definition) is 1. The highest BCUT2D eigenvalue weighted by Crippen LogP contribution is 2.21. The van der Waals surface area contributed by atoms with Crippen molar-refractivity contribution in [2.45, 2.75) is 32.9 Å². The third-order valence-electron chi connectivity index (χ3n) is 4.36. The largest absolute Gasteiger partial charge is 0.322 e. The van der Waals surface area contributed by atoms with Gasteiger partial charge in [-0.25, -0.2) is 0 Å². The molecule has 1 aliphatic heterocycles. The van der Waals surface area contributed by atoms with Crippen molar-refractivity contribution in [3.8, 4) is 0 Å². The zero-order valence-corrected chi connectivity index (χ0v) is 13.3. The van der Waals surface area contributed by atoms with Crippen LogP contribution in [0.5, 0.6) is 0 Å². The Bertz CT molecular complexity index is 692. The monoisotopic (exact) mass is 298 g/mol. The van der Waals surface area contributed by atoms with E-state index in [0.29, 0.717) is 0 Å². The van der Waals surface area contributed by atoms with Gasteiger partial charge in [0.2, 0.25) is 5.91 Å². The lowest BCUT2D eigenvalue weighted by atomic mass is 9.99. The van der Waals surface area contributed by atoms with Crippen LogP contribution in [0.3, 0.4) is 0 Å². The lowest BCUT2D eigenvalue weighted by Gasteiger charge is -2.32. The van der Waals surface area contributed by atoms with E-state index in [4.69, 9.17) is 0 Å². The summed E-state index contributed by atoms with van der Waals surface area (Å²) in [6, 6.07) is 8.31. The Balaban J connectivity index is 1.68. The average Bonchev–Trinajstić information content (AvgIpc) is 2.83. The molecule has 1 aromatic heterocycles. The first-order valence-corrected chi connectivity index (χ1v) is 7.66. The van der Waals surface area contributed by atoms with Gasteiger partial charge < -0.3 is 5.32 Å². The fraction of sp³-hybridized carbons (Fsp3) is 0.412. The molecular weight excluding hydrogens is 276 g/mol. The van der Waals surface area contributed by atoms with Crippen LogP contribution < -0.4 is 5.32 Å². The molecule has 0 saturated carbocycles. The van der Waals surface area contributed by atoms with Gasteiger partial charge in [0, 0.05) is 26.3 Å². The molecule has 0 radical (unpaired) electrons. The second kappa shape index (κ2) is 5.93. The fourth-order valence-electron chi connectivity index (χ4n) is 2.97. The molecule has 5 nitrogen and oxygen atoms in total. The van der Waals surface area contributed by atoms with Crippen LogP contribution in [0.1, 0.15) is 23.7 Å². The van der Waals surface area contributed by atoms with Gasteiger partial charge in [-0.3, -0.25) is 14.4 Å². The second-order valence-electron chi connectivity index (χ2n) is 5.96. The molecule has 0 spiro atoms. The summed E-state index contributed by atoms with van der Waals surface area (Å²) in [6.07, 6.45) is 2.84. The number of amides is 1. The van der Waals surface area contributed by atoms with Crippen LogP contribution in [-0.2, 0) is 24.8 Å². The zero-order chi connectivity index (χ0) is 15.7. The molecule has 0 aliphatic carbocycles. The summed E-state index contributed by atoms with van der Waals surface area (Å²) < 4.78 is 1.72. The Labute approximate surface area is 130 Å². The molecule has 5 heteroatoms. The SMILES string of the molecule is Cc1nn(C)cc1NC(=O)C(C)N1CCc2ccccc2C1. The highest BCUT2D eigenvalue weighted by atomic mass is 16.2. The van der Waals surface area contributed by atoms with E-state index in [-0.39, 0.29) is 11.9 Å². The van der Waals surface area contributed by atoms with E-state index in [2.05, 4.69) is 39.6 Å². The summed E-state index contributed by atoms with van der Waals surface area (Å²) in [5.74, 6) is 0.0236. The molecule has 1 unspecified atom stereocenters. The standard InChI is InChI=1S/C17H22N4O/c1-12-16(11-20(3)19-12)18-17(22)13(2)21-9-8-14-6-4-5-7-15(14)10-21/h4-7,11,13H,8-10H2,1-3H3,(H,18,22). The van der Waals surface area contributed by atoms with E-state index in [1.807, 2.05) is 27.1 Å². The van der Waals surface area contributed by atoms with E-state index in [9.17, 15) is 4.79 Å². The summed E-state index contributed by atoms with van der Waals surface area (Å²) in [7, 11) is 1.85. The van der Waals surface area contributed by atoms with Crippen molar-refractivity contribution in [3.05, 3.63) is 47.3 Å². The van der Waals surface area contributed by atoms with Crippen molar-refractivity contribution in [1.29, 1.82) is 0 Å². The molecule has 0 saturated heterocycles. The first kappa shape index (κ1) is 14.8. The van der Waals surface area contributed by atoms with Crippen molar-refractivity contribution >= 4 is 11.6 Å². The summed E-state index contributed by atoms with van der Waals surface area (Å²) >= 11 is 0. The number of nitrogens with zero attached hydrogens (tertiary/aromatic N) is 3. The fourth-order valence-corrected chi connectivity index (χ4v) is 2.97. The highest BCUT2D eigenvalue weighted by Gasteiger charge is 2.25. The van der Waals surface area contributed by atoms with Crippen molar-refractivity contribution in [2.24, 2.45) is 7.05 Å². The van der Waals surface area contributed by atoms with Crippen molar-refractivity contribution in [3.63, 3.8) is 0 Å². The maximum atomic E-state index is 12.5. The van der Waals surface area contributed by atoms with Crippen LogP contribution in [0, 0.1) is 6.92 Å². The summed E-state index contributed by atoms with van der Waals surface area (Å²) in [5, 5.41) is 7.24. The van der Waals surface area contributed by atoms with Gasteiger partial charge in [0.25, 0.3) is 0 Å². The molecule has 1 aromatic carbocycles. The van der Waals surface area contributed by atoms with Gasteiger partial charge in [-0.1, -0.05) is 24.3 Å². The van der Waals surface area contributed by atoms with Crippen molar-refractivity contribution in [1.82, 2.24) is 14.7 Å². The van der Waals surface area contributed by atoms with Crippen molar-refractivity contribution in [2.75, 3.05) is 11.9 Å². The third kappa shape index (κ3) is 2.90. The highest BCUT2D eigenvalue weighted by molar-refractivity contribution is 5.94. The maximum Gasteiger partial charge on any atom is 0.241 e. The first-order valence-electron chi connectivity index (χ1n) is 7.66. The van der Waals surface area contributed by atoms with Gasteiger partial charge in [-0.15, -0.1) is 0 Å². The average molecular weight is 298 g/mol. The Morgan fingerprint density at radius 3 is 2.73 bits per heavy atom. The molecule has 0 fully saturated rings. The van der Waals surface area contributed by atoms with Gasteiger partial charge in [-0.05, 0) is 31.4 Å². The number of aromatic nitrogens is 2. The van der Waals surface area contributed by atoms with Crippen LogP contribution in [0.15, 0.2) is 30.5 Å². The summed E-state index contributed by atoms with van der Waals surface area (Å²) in [4.78, 5) is 14.7. The molecule has 1 aliphatic rings. The second-order valence-corrected chi connectivity index (χ2v) is 5.96. The molecule has 1 N–H and O–H groups in total. The summed E-state index contributed by atoms with van der Waals surface area (Å²) in [6.45, 7) is 5.61. The minimum atomic E-state index is -0.159. The number of aryl methyl sites for hydroxylation is 2. The number of carbonyl (C=O) groups excluding carboxylic acids is 1. The summed E-state index contributed by atoms with van der Waals surface area (Å²) in [5.41, 5.74) is 4.35. The molecule has 1 amide bonds. The normalized spacial score (nSPS) is 16.1. The van der Waals surface area contributed by atoms with E-state index < -0.39 is 0 Å². The van der Waals surface area contributed by atoms with E-state index in [1.165, 1.54) is 11.1 Å². The van der Waals surface area contributed by atoms with Crippen LogP contribution >= 0.6 is 0 Å². The van der Waals surface area contributed by atoms with E-state index in [0.717, 1.165) is 30.9 Å². The molecule has 22 heavy (non-hydrogen) atoms. The smallest absolute Gasteiger partial charge is 0.241 e. The van der Waals surface area contributed by atoms with Crippen LogP contribution in [0.2, 0.25) is 0 Å². The van der Waals surface area contributed by atoms with Gasteiger partial charge in [0.05, 0.1) is 17.4 Å². The van der Waals surface area contributed by atoms with Gasteiger partial charge in [-0.2, -0.15) is 5.10 Å². The number of fused-ring (bicyclic) bond motifs is 1. The quantitative estimate of drug-likeness (QED) is 0.944. The predicted molar refractivity (Wildman–Crippen MR) is 86.6 cm³/mol. The van der Waals surface area contributed by atoms with E-state index >= 15 is 0 Å². The van der Waals surface area contributed by atoms with Crippen LogP contribution in [0.4, 0.5) is 5.69 Å². The molecule has 2 heterocycles. The molecule has 3 rings (SSSR count). The lowest BCUT2D eigenvalue weighted by Crippen LogP contribution is -2.44. The molecule has 1 atom stereocenters. The van der Waals surface area contributed by atoms with Gasteiger partial charge in [0.1, 0.15) is 0 Å². The molecular formula is C17H22N4O. The lowest BCUT2D eigenvalue weighted by molar-refractivity contribution is -0.121. The number of anilines is 1. The minimum Gasteiger partial charge on any atom is -0.322 e. The number of hydrogen-bond acceptors (Lipinski definition) is 3. The Morgan fingerprint density at radius 2 is 2.05 bits per heavy atom. The number of nitrogens with one attached hydrogen (secondary N) is 1. The van der Waals surface area contributed by atoms with Gasteiger partial charge >= 0.3 is 0 Å². The number of rotatable bonds is 3. The molecule has 2 aromatic rings. The Morgan fingerprint density at radius 1 is 1.32 bits per heavy atom. The first-order chi connectivity index (χ1) is 10.5. The molecule has 116 valence electrons. The minimum absolute atomic E-state index is 0.0236.